The van der Waals surface area contributed by atoms with Crippen molar-refractivity contribution in [3.63, 3.8) is 0 Å². The average molecular weight is 221 g/mol. The van der Waals surface area contributed by atoms with Crippen LogP contribution in [0.2, 0.25) is 0 Å². The van der Waals surface area contributed by atoms with Crippen molar-refractivity contribution < 1.29 is 9.21 Å². The van der Waals surface area contributed by atoms with Crippen LogP contribution in [0.15, 0.2) is 34.3 Å². The maximum Gasteiger partial charge on any atom is 0.261 e. The zero-order valence-electron chi connectivity index (χ0n) is 8.32. The summed E-state index contributed by atoms with van der Waals surface area (Å²) in [5.41, 5.74) is 1.01. The molecule has 0 spiro atoms. The zero-order valence-corrected chi connectivity index (χ0v) is 9.14. The SMILES string of the molecule is Cc1ccsc1C(=O)NCc1ccco1. The summed E-state index contributed by atoms with van der Waals surface area (Å²) in [7, 11) is 0. The highest BCUT2D eigenvalue weighted by atomic mass is 32.1. The Balaban J connectivity index is 1.96. The van der Waals surface area contributed by atoms with Crippen LogP contribution in [0.25, 0.3) is 0 Å². The van der Waals surface area contributed by atoms with E-state index in [9.17, 15) is 4.79 Å². The maximum atomic E-state index is 11.7. The lowest BCUT2D eigenvalue weighted by molar-refractivity contribution is 0.0951. The van der Waals surface area contributed by atoms with E-state index in [1.165, 1.54) is 11.3 Å². The molecule has 0 radical (unpaired) electrons. The van der Waals surface area contributed by atoms with Crippen molar-refractivity contribution in [2.24, 2.45) is 0 Å². The topological polar surface area (TPSA) is 42.2 Å². The van der Waals surface area contributed by atoms with Gasteiger partial charge < -0.3 is 9.73 Å². The summed E-state index contributed by atoms with van der Waals surface area (Å²) >= 11 is 1.45. The molecule has 0 aliphatic heterocycles. The van der Waals surface area contributed by atoms with Crippen molar-refractivity contribution in [2.75, 3.05) is 0 Å². The van der Waals surface area contributed by atoms with Crippen LogP contribution in [0.4, 0.5) is 0 Å². The van der Waals surface area contributed by atoms with Gasteiger partial charge in [-0.2, -0.15) is 0 Å². The van der Waals surface area contributed by atoms with Gasteiger partial charge in [0.05, 0.1) is 17.7 Å². The number of nitrogens with one attached hydrogen (secondary N) is 1. The number of aryl methyl sites for hydroxylation is 1. The summed E-state index contributed by atoms with van der Waals surface area (Å²) < 4.78 is 5.12. The van der Waals surface area contributed by atoms with Crippen LogP contribution in [0.5, 0.6) is 0 Å². The molecule has 0 bridgehead atoms. The van der Waals surface area contributed by atoms with E-state index in [0.717, 1.165) is 16.2 Å². The van der Waals surface area contributed by atoms with Crippen molar-refractivity contribution in [1.29, 1.82) is 0 Å². The second-order valence-electron chi connectivity index (χ2n) is 3.19. The van der Waals surface area contributed by atoms with E-state index in [-0.39, 0.29) is 5.91 Å². The van der Waals surface area contributed by atoms with E-state index in [1.807, 2.05) is 24.4 Å². The van der Waals surface area contributed by atoms with Gasteiger partial charge in [-0.25, -0.2) is 0 Å². The van der Waals surface area contributed by atoms with Gasteiger partial charge in [0.1, 0.15) is 5.76 Å². The summed E-state index contributed by atoms with van der Waals surface area (Å²) in [6.45, 7) is 2.36. The number of carbonyl (C=O) groups is 1. The molecule has 2 heterocycles. The smallest absolute Gasteiger partial charge is 0.261 e. The minimum Gasteiger partial charge on any atom is -0.467 e. The van der Waals surface area contributed by atoms with Gasteiger partial charge in [0.15, 0.2) is 0 Å². The number of hydrogen-bond acceptors (Lipinski definition) is 3. The third-order valence-electron chi connectivity index (χ3n) is 2.07. The van der Waals surface area contributed by atoms with E-state index in [0.29, 0.717) is 6.54 Å². The van der Waals surface area contributed by atoms with E-state index in [2.05, 4.69) is 5.32 Å². The molecule has 0 saturated carbocycles. The third-order valence-corrected chi connectivity index (χ3v) is 3.09. The van der Waals surface area contributed by atoms with Crippen LogP contribution in [0, 0.1) is 6.92 Å². The molecule has 78 valence electrons. The molecule has 0 aliphatic carbocycles. The van der Waals surface area contributed by atoms with Crippen molar-refractivity contribution in [3.05, 3.63) is 46.0 Å². The normalized spacial score (nSPS) is 10.2. The van der Waals surface area contributed by atoms with E-state index in [4.69, 9.17) is 4.42 Å². The predicted octanol–water partition coefficient (Wildman–Crippen LogP) is 2.58. The molecule has 1 amide bonds. The fourth-order valence-corrected chi connectivity index (χ4v) is 2.11. The van der Waals surface area contributed by atoms with Crippen molar-refractivity contribution in [3.8, 4) is 0 Å². The second kappa shape index (κ2) is 4.31. The van der Waals surface area contributed by atoms with Crippen LogP contribution in [0.1, 0.15) is 21.0 Å². The first-order valence-corrected chi connectivity index (χ1v) is 5.50. The molecule has 0 unspecified atom stereocenters. The van der Waals surface area contributed by atoms with Crippen LogP contribution in [-0.4, -0.2) is 5.91 Å². The molecule has 0 fully saturated rings. The molecule has 0 aliphatic rings. The first kappa shape index (κ1) is 9.98. The summed E-state index contributed by atoms with van der Waals surface area (Å²) in [6.07, 6.45) is 1.60. The van der Waals surface area contributed by atoms with Crippen molar-refractivity contribution in [2.45, 2.75) is 13.5 Å². The number of furan rings is 1. The molecule has 15 heavy (non-hydrogen) atoms. The monoisotopic (exact) mass is 221 g/mol. The van der Waals surface area contributed by atoms with Gasteiger partial charge in [-0.1, -0.05) is 0 Å². The summed E-state index contributed by atoms with van der Waals surface area (Å²) in [6, 6.07) is 5.58. The van der Waals surface area contributed by atoms with Crippen LogP contribution < -0.4 is 5.32 Å². The Bertz CT molecular complexity index is 445. The van der Waals surface area contributed by atoms with Gasteiger partial charge in [0, 0.05) is 0 Å². The van der Waals surface area contributed by atoms with Crippen molar-refractivity contribution in [1.82, 2.24) is 5.32 Å². The largest absolute Gasteiger partial charge is 0.467 e. The van der Waals surface area contributed by atoms with Crippen LogP contribution in [0.3, 0.4) is 0 Å². The van der Waals surface area contributed by atoms with Gasteiger partial charge >= 0.3 is 0 Å². The quantitative estimate of drug-likeness (QED) is 0.865. The number of amides is 1. The lowest BCUT2D eigenvalue weighted by Gasteiger charge is -2.01. The third kappa shape index (κ3) is 2.27. The highest BCUT2D eigenvalue weighted by molar-refractivity contribution is 7.12. The predicted molar refractivity (Wildman–Crippen MR) is 58.9 cm³/mol. The van der Waals surface area contributed by atoms with Gasteiger partial charge in [0.2, 0.25) is 0 Å². The fourth-order valence-electron chi connectivity index (χ4n) is 1.27. The molecule has 3 nitrogen and oxygen atoms in total. The zero-order chi connectivity index (χ0) is 10.7. The van der Waals surface area contributed by atoms with Crippen LogP contribution >= 0.6 is 11.3 Å². The molecule has 2 rings (SSSR count). The van der Waals surface area contributed by atoms with Crippen LogP contribution in [-0.2, 0) is 6.54 Å². The summed E-state index contributed by atoms with van der Waals surface area (Å²) in [5.74, 6) is 0.719. The molecular formula is C11H11NO2S. The van der Waals surface area contributed by atoms with E-state index >= 15 is 0 Å². The highest BCUT2D eigenvalue weighted by Crippen LogP contribution is 2.15. The average Bonchev–Trinajstić information content (AvgIpc) is 2.84. The van der Waals surface area contributed by atoms with Crippen molar-refractivity contribution >= 4 is 17.2 Å². The Morgan fingerprint density at radius 1 is 1.53 bits per heavy atom. The van der Waals surface area contributed by atoms with Gasteiger partial charge in [-0.05, 0) is 36.1 Å². The lowest BCUT2D eigenvalue weighted by atomic mass is 10.3. The number of carbonyl (C=O) groups excluding carboxylic acids is 1. The fraction of sp³-hybridized carbons (Fsp3) is 0.182. The Hall–Kier alpha value is -1.55. The standard InChI is InChI=1S/C11H11NO2S/c1-8-4-6-15-10(8)11(13)12-7-9-3-2-5-14-9/h2-6H,7H2,1H3,(H,12,13). The van der Waals surface area contributed by atoms with E-state index in [1.54, 1.807) is 12.3 Å². The molecular weight excluding hydrogens is 210 g/mol. The molecule has 0 aromatic carbocycles. The number of rotatable bonds is 3. The molecule has 2 aromatic heterocycles. The lowest BCUT2D eigenvalue weighted by Crippen LogP contribution is -2.22. The Morgan fingerprint density at radius 3 is 3.00 bits per heavy atom. The Kier molecular flexibility index (Phi) is 2.87. The summed E-state index contributed by atoms with van der Waals surface area (Å²) in [4.78, 5) is 12.4. The minimum absolute atomic E-state index is 0.0427. The first-order chi connectivity index (χ1) is 7.27. The highest BCUT2D eigenvalue weighted by Gasteiger charge is 2.09. The Morgan fingerprint density at radius 2 is 2.40 bits per heavy atom. The molecule has 1 N–H and O–H groups in total. The van der Waals surface area contributed by atoms with Gasteiger partial charge in [-0.15, -0.1) is 11.3 Å². The Labute approximate surface area is 91.7 Å². The molecule has 4 heteroatoms. The summed E-state index contributed by atoms with van der Waals surface area (Å²) in [5, 5.41) is 4.72. The van der Waals surface area contributed by atoms with E-state index < -0.39 is 0 Å². The second-order valence-corrected chi connectivity index (χ2v) is 4.11. The number of hydrogen-bond donors (Lipinski definition) is 1. The molecule has 0 atom stereocenters. The van der Waals surface area contributed by atoms with Gasteiger partial charge in [-0.3, -0.25) is 4.79 Å². The maximum absolute atomic E-state index is 11.7. The first-order valence-electron chi connectivity index (χ1n) is 4.62. The van der Waals surface area contributed by atoms with Gasteiger partial charge in [0.25, 0.3) is 5.91 Å². The molecule has 2 aromatic rings. The minimum atomic E-state index is -0.0427. The molecule has 0 saturated heterocycles. The number of thiophene rings is 1.